The zero-order valence-corrected chi connectivity index (χ0v) is 19.8. The molecule has 0 amide bonds. The van der Waals surface area contributed by atoms with Gasteiger partial charge in [-0.2, -0.15) is 0 Å². The third kappa shape index (κ3) is 3.83. The molecule has 0 saturated carbocycles. The molecule has 0 aliphatic rings. The Kier molecular flexibility index (Phi) is 6.32. The fourth-order valence-corrected chi connectivity index (χ4v) is 4.67. The summed E-state index contributed by atoms with van der Waals surface area (Å²) in [5.41, 5.74) is -4.21. The average Bonchev–Trinajstić information content (AvgIpc) is 2.90. The highest BCUT2D eigenvalue weighted by molar-refractivity contribution is 6.22. The Bertz CT molecular complexity index is 1790. The summed E-state index contributed by atoms with van der Waals surface area (Å²) in [5.74, 6) is -16.8. The van der Waals surface area contributed by atoms with Crippen molar-refractivity contribution in [3.8, 4) is 33.8 Å². The Hall–Kier alpha value is -4.41. The molecule has 2 nitrogen and oxygen atoms in total. The zero-order chi connectivity index (χ0) is 28.3. The van der Waals surface area contributed by atoms with Gasteiger partial charge in [0.2, 0.25) is 0 Å². The highest BCUT2D eigenvalue weighted by Gasteiger charge is 2.33. The zero-order valence-electron chi connectivity index (χ0n) is 19.8. The lowest BCUT2D eigenvalue weighted by Crippen LogP contribution is -2.06. The molecule has 0 aliphatic heterocycles. The van der Waals surface area contributed by atoms with Crippen LogP contribution in [0.25, 0.3) is 43.8 Å². The molecular weight excluding hydrogens is 539 g/mol. The lowest BCUT2D eigenvalue weighted by molar-refractivity contribution is 0.407. The average molecular weight is 552 g/mol. The van der Waals surface area contributed by atoms with Gasteiger partial charge in [0.15, 0.2) is 23.3 Å². The maximum absolute atomic E-state index is 15.5. The lowest BCUT2D eigenvalue weighted by Gasteiger charge is -2.21. The summed E-state index contributed by atoms with van der Waals surface area (Å²) in [6, 6.07) is 5.41. The van der Waals surface area contributed by atoms with Gasteiger partial charge in [0.05, 0.1) is 25.3 Å². The maximum atomic E-state index is 15.5. The van der Waals surface area contributed by atoms with Crippen molar-refractivity contribution < 1.29 is 49.0 Å². The molecule has 0 atom stereocenters. The Balaban J connectivity index is 2.16. The number of rotatable bonds is 4. The van der Waals surface area contributed by atoms with Crippen LogP contribution in [0.4, 0.5) is 39.5 Å². The molecule has 0 fully saturated rings. The largest absolute Gasteiger partial charge is 0.497 e. The highest BCUT2D eigenvalue weighted by atomic mass is 19.2. The minimum absolute atomic E-state index is 0.323. The Labute approximate surface area is 213 Å². The van der Waals surface area contributed by atoms with Crippen LogP contribution in [-0.2, 0) is 0 Å². The van der Waals surface area contributed by atoms with Crippen LogP contribution in [0.3, 0.4) is 0 Å². The first kappa shape index (κ1) is 26.2. The van der Waals surface area contributed by atoms with E-state index in [-0.39, 0.29) is 11.5 Å². The molecule has 0 spiro atoms. The lowest BCUT2D eigenvalue weighted by atomic mass is 9.84. The van der Waals surface area contributed by atoms with Crippen molar-refractivity contribution in [2.24, 2.45) is 0 Å². The van der Waals surface area contributed by atoms with E-state index >= 15 is 30.7 Å². The molecule has 0 saturated heterocycles. The molecule has 5 aromatic carbocycles. The number of fused-ring (bicyclic) bond motifs is 2. The third-order valence-electron chi connectivity index (χ3n) is 6.30. The van der Waals surface area contributed by atoms with Crippen LogP contribution >= 0.6 is 0 Å². The summed E-state index contributed by atoms with van der Waals surface area (Å²) in [6.45, 7) is 0. The normalized spacial score (nSPS) is 11.5. The molecular formula is C28H13F9O2. The van der Waals surface area contributed by atoms with E-state index in [9.17, 15) is 8.78 Å². The van der Waals surface area contributed by atoms with Crippen LogP contribution < -0.4 is 9.47 Å². The minimum atomic E-state index is -2.40. The third-order valence-corrected chi connectivity index (χ3v) is 6.30. The van der Waals surface area contributed by atoms with Gasteiger partial charge < -0.3 is 9.47 Å². The maximum Gasteiger partial charge on any atom is 0.198 e. The van der Waals surface area contributed by atoms with Gasteiger partial charge in [-0.25, -0.2) is 39.5 Å². The van der Waals surface area contributed by atoms with Crippen LogP contribution in [-0.4, -0.2) is 14.2 Å². The van der Waals surface area contributed by atoms with Gasteiger partial charge in [-0.05, 0) is 11.5 Å². The molecule has 200 valence electrons. The fraction of sp³-hybridized carbons (Fsp3) is 0.0714. The van der Waals surface area contributed by atoms with Crippen LogP contribution in [0.1, 0.15) is 0 Å². The van der Waals surface area contributed by atoms with Crippen molar-refractivity contribution in [3.05, 3.63) is 94.8 Å². The second-order valence-corrected chi connectivity index (χ2v) is 8.35. The van der Waals surface area contributed by atoms with Crippen molar-refractivity contribution in [3.63, 3.8) is 0 Å². The summed E-state index contributed by atoms with van der Waals surface area (Å²) in [5, 5.41) is -4.06. The van der Waals surface area contributed by atoms with E-state index in [0.29, 0.717) is 24.3 Å². The topological polar surface area (TPSA) is 18.5 Å². The Morgan fingerprint density at radius 3 is 1.28 bits per heavy atom. The first-order chi connectivity index (χ1) is 18.5. The SMILES string of the molecule is COc1cc(F)c(-c2c3cccc(F)c3c(-c3c(F)cc(OC)cc3F)c3c(F)c(F)c(F)c(F)c23)c(F)c1. The van der Waals surface area contributed by atoms with E-state index in [1.165, 1.54) is 0 Å². The van der Waals surface area contributed by atoms with Crippen LogP contribution in [0.2, 0.25) is 0 Å². The Morgan fingerprint density at radius 1 is 0.436 bits per heavy atom. The van der Waals surface area contributed by atoms with Crippen molar-refractivity contribution in [2.75, 3.05) is 14.2 Å². The molecule has 11 heteroatoms. The number of hydrogen-bond acceptors (Lipinski definition) is 2. The first-order valence-corrected chi connectivity index (χ1v) is 11.0. The van der Waals surface area contributed by atoms with Crippen molar-refractivity contribution in [1.29, 1.82) is 0 Å². The van der Waals surface area contributed by atoms with E-state index in [1.54, 1.807) is 0 Å². The predicted octanol–water partition coefficient (Wildman–Crippen LogP) is 8.60. The van der Waals surface area contributed by atoms with Crippen molar-refractivity contribution >= 4 is 21.5 Å². The smallest absolute Gasteiger partial charge is 0.198 e. The van der Waals surface area contributed by atoms with Crippen LogP contribution in [0, 0.1) is 52.4 Å². The molecule has 0 aliphatic carbocycles. The summed E-state index contributed by atoms with van der Waals surface area (Å²) in [7, 11) is 2.17. The van der Waals surface area contributed by atoms with Crippen molar-refractivity contribution in [1.82, 2.24) is 0 Å². The van der Waals surface area contributed by atoms with E-state index in [2.05, 4.69) is 0 Å². The molecule has 39 heavy (non-hydrogen) atoms. The second-order valence-electron chi connectivity index (χ2n) is 8.35. The fourth-order valence-electron chi connectivity index (χ4n) is 4.67. The monoisotopic (exact) mass is 552 g/mol. The number of benzene rings is 5. The Morgan fingerprint density at radius 2 is 0.846 bits per heavy atom. The van der Waals surface area contributed by atoms with E-state index < -0.39 is 96.2 Å². The van der Waals surface area contributed by atoms with E-state index in [4.69, 9.17) is 9.47 Å². The summed E-state index contributed by atoms with van der Waals surface area (Å²) < 4.78 is 146. The van der Waals surface area contributed by atoms with Crippen LogP contribution in [0.15, 0.2) is 42.5 Å². The van der Waals surface area contributed by atoms with Gasteiger partial charge in [-0.3, -0.25) is 0 Å². The number of hydrogen-bond donors (Lipinski definition) is 0. The molecule has 0 heterocycles. The number of methoxy groups -OCH3 is 2. The predicted molar refractivity (Wildman–Crippen MR) is 125 cm³/mol. The number of ether oxygens (including phenoxy) is 2. The molecule has 0 unspecified atom stereocenters. The second kappa shape index (κ2) is 9.40. The molecule has 0 aromatic heterocycles. The van der Waals surface area contributed by atoms with Crippen molar-refractivity contribution in [2.45, 2.75) is 0 Å². The molecule has 0 N–H and O–H groups in total. The van der Waals surface area contributed by atoms with E-state index in [1.807, 2.05) is 0 Å². The summed E-state index contributed by atoms with van der Waals surface area (Å²) in [4.78, 5) is 0. The molecule has 0 radical (unpaired) electrons. The quantitative estimate of drug-likeness (QED) is 0.0963. The summed E-state index contributed by atoms with van der Waals surface area (Å²) >= 11 is 0. The van der Waals surface area contributed by atoms with Gasteiger partial charge >= 0.3 is 0 Å². The molecule has 5 aromatic rings. The highest BCUT2D eigenvalue weighted by Crippen LogP contribution is 2.49. The van der Waals surface area contributed by atoms with Gasteiger partial charge in [-0.1, -0.05) is 12.1 Å². The molecule has 5 rings (SSSR count). The van der Waals surface area contributed by atoms with Gasteiger partial charge in [0, 0.05) is 51.6 Å². The standard InChI is InChI=1S/C28H13F9O2/c1-38-10-6-14(30)20(15(31)7-10)19-12-4-3-5-13(29)18(12)22(21-16(32)8-11(39-2)9-17(21)33)24-23(19)25(34)27(36)28(37)26(24)35/h3-9H,1-2H3. The first-order valence-electron chi connectivity index (χ1n) is 11.0. The van der Waals surface area contributed by atoms with Gasteiger partial charge in [-0.15, -0.1) is 0 Å². The minimum Gasteiger partial charge on any atom is -0.497 e. The summed E-state index contributed by atoms with van der Waals surface area (Å²) in [6.07, 6.45) is 0. The van der Waals surface area contributed by atoms with E-state index in [0.717, 1.165) is 32.4 Å². The van der Waals surface area contributed by atoms with Gasteiger partial charge in [0.1, 0.15) is 40.6 Å². The number of halogens is 9. The molecule has 0 bridgehead atoms. The van der Waals surface area contributed by atoms with Crippen LogP contribution in [0.5, 0.6) is 11.5 Å². The van der Waals surface area contributed by atoms with Gasteiger partial charge in [0.25, 0.3) is 0 Å².